The van der Waals surface area contributed by atoms with Crippen LogP contribution in [0.4, 0.5) is 0 Å². The normalized spacial score (nSPS) is 11.8. The lowest BCUT2D eigenvalue weighted by Crippen LogP contribution is -2.14. The number of unbranched alkanes of at least 4 members (excludes halogenated alkanes) is 1. The summed E-state index contributed by atoms with van der Waals surface area (Å²) in [5, 5.41) is 9.08. The Morgan fingerprint density at radius 3 is 2.43 bits per heavy atom. The lowest BCUT2D eigenvalue weighted by molar-refractivity contribution is -0.142. The topological polar surface area (TPSA) is 66.2 Å². The van der Waals surface area contributed by atoms with Crippen molar-refractivity contribution in [3.05, 3.63) is 60.2 Å². The zero-order chi connectivity index (χ0) is 21.3. The van der Waals surface area contributed by atoms with Gasteiger partial charge >= 0.3 is 5.97 Å². The van der Waals surface area contributed by atoms with Crippen molar-refractivity contribution in [3.63, 3.8) is 0 Å². The fraction of sp³-hybridized carbons (Fsp3) is 0.348. The number of rotatable bonds is 10. The van der Waals surface area contributed by atoms with Crippen molar-refractivity contribution >= 4 is 17.7 Å². The zero-order valence-corrected chi connectivity index (χ0v) is 18.4. The maximum absolute atomic E-state index is 12.7. The molecule has 0 saturated heterocycles. The van der Waals surface area contributed by atoms with Gasteiger partial charge in [-0.1, -0.05) is 55.4 Å². The van der Waals surface area contributed by atoms with Crippen molar-refractivity contribution < 1.29 is 14.3 Å². The van der Waals surface area contributed by atoms with E-state index in [1.165, 1.54) is 11.8 Å². The molecule has 0 saturated carbocycles. The van der Waals surface area contributed by atoms with E-state index < -0.39 is 5.25 Å². The van der Waals surface area contributed by atoms with Crippen LogP contribution in [0.15, 0.2) is 59.8 Å². The molecule has 0 N–H and O–H groups in total. The molecule has 6 nitrogen and oxygen atoms in total. The Morgan fingerprint density at radius 2 is 1.80 bits per heavy atom. The van der Waals surface area contributed by atoms with E-state index in [-0.39, 0.29) is 5.97 Å². The van der Waals surface area contributed by atoms with Gasteiger partial charge in [0.25, 0.3) is 0 Å². The Balaban J connectivity index is 1.96. The second-order valence-corrected chi connectivity index (χ2v) is 7.77. The maximum Gasteiger partial charge on any atom is 0.324 e. The molecule has 0 amide bonds. The van der Waals surface area contributed by atoms with Crippen molar-refractivity contribution in [2.75, 3.05) is 13.7 Å². The van der Waals surface area contributed by atoms with Gasteiger partial charge in [-0.15, -0.1) is 10.2 Å². The highest BCUT2D eigenvalue weighted by Crippen LogP contribution is 2.37. The Kier molecular flexibility index (Phi) is 7.90. The number of aromatic nitrogens is 3. The van der Waals surface area contributed by atoms with E-state index in [0.717, 1.165) is 42.1 Å². The molecular formula is C23H27N3O3S. The van der Waals surface area contributed by atoms with Crippen LogP contribution in [0.2, 0.25) is 0 Å². The first-order chi connectivity index (χ1) is 14.7. The number of hydrogen-bond acceptors (Lipinski definition) is 6. The van der Waals surface area contributed by atoms with Crippen LogP contribution in [0.5, 0.6) is 5.75 Å². The van der Waals surface area contributed by atoms with Crippen LogP contribution in [0.25, 0.3) is 11.4 Å². The monoisotopic (exact) mass is 425 g/mol. The minimum Gasteiger partial charge on any atom is -0.497 e. The molecule has 0 radical (unpaired) electrons. The first-order valence-corrected chi connectivity index (χ1v) is 11.0. The van der Waals surface area contributed by atoms with Gasteiger partial charge in [0, 0.05) is 12.1 Å². The molecule has 7 heteroatoms. The van der Waals surface area contributed by atoms with Crippen LogP contribution < -0.4 is 4.74 Å². The number of carbonyl (C=O) groups is 1. The van der Waals surface area contributed by atoms with Gasteiger partial charge in [0.05, 0.1) is 13.7 Å². The van der Waals surface area contributed by atoms with Crippen molar-refractivity contribution in [2.45, 2.75) is 43.6 Å². The zero-order valence-electron chi connectivity index (χ0n) is 17.6. The SMILES string of the molecule is CCCCn1c(SC(C(=O)OCC)c2ccccc2)nnc1-c1ccc(OC)cc1. The molecule has 0 spiro atoms. The summed E-state index contributed by atoms with van der Waals surface area (Å²) < 4.78 is 12.7. The van der Waals surface area contributed by atoms with Crippen LogP contribution in [0.3, 0.4) is 0 Å². The Labute approximate surface area is 181 Å². The summed E-state index contributed by atoms with van der Waals surface area (Å²) >= 11 is 1.38. The number of hydrogen-bond donors (Lipinski definition) is 0. The van der Waals surface area contributed by atoms with Gasteiger partial charge in [-0.2, -0.15) is 0 Å². The van der Waals surface area contributed by atoms with E-state index in [1.807, 2.05) is 61.5 Å². The molecule has 30 heavy (non-hydrogen) atoms. The number of ether oxygens (including phenoxy) is 2. The van der Waals surface area contributed by atoms with E-state index in [4.69, 9.17) is 9.47 Å². The van der Waals surface area contributed by atoms with Gasteiger partial charge in [0.2, 0.25) is 0 Å². The fourth-order valence-electron chi connectivity index (χ4n) is 3.05. The molecule has 3 rings (SSSR count). The molecule has 1 unspecified atom stereocenters. The number of carbonyl (C=O) groups excluding carboxylic acids is 1. The Hall–Kier alpha value is -2.80. The highest BCUT2D eigenvalue weighted by atomic mass is 32.2. The third-order valence-electron chi connectivity index (χ3n) is 4.63. The van der Waals surface area contributed by atoms with Gasteiger partial charge in [-0.3, -0.25) is 4.79 Å². The molecule has 158 valence electrons. The second kappa shape index (κ2) is 10.8. The fourth-order valence-corrected chi connectivity index (χ4v) is 4.11. The van der Waals surface area contributed by atoms with Crippen LogP contribution in [-0.2, 0) is 16.1 Å². The number of thioether (sulfide) groups is 1. The van der Waals surface area contributed by atoms with Crippen molar-refractivity contribution in [2.24, 2.45) is 0 Å². The van der Waals surface area contributed by atoms with Gasteiger partial charge in [-0.05, 0) is 43.2 Å². The van der Waals surface area contributed by atoms with Gasteiger partial charge in [0.1, 0.15) is 11.0 Å². The lowest BCUT2D eigenvalue weighted by Gasteiger charge is -2.16. The molecule has 2 aromatic carbocycles. The number of methoxy groups -OCH3 is 1. The van der Waals surface area contributed by atoms with Gasteiger partial charge in [-0.25, -0.2) is 0 Å². The largest absolute Gasteiger partial charge is 0.497 e. The summed E-state index contributed by atoms with van der Waals surface area (Å²) in [5.41, 5.74) is 1.84. The summed E-state index contributed by atoms with van der Waals surface area (Å²) in [7, 11) is 1.65. The summed E-state index contributed by atoms with van der Waals surface area (Å²) in [4.78, 5) is 12.7. The van der Waals surface area contributed by atoms with Gasteiger partial charge < -0.3 is 14.0 Å². The van der Waals surface area contributed by atoms with Crippen molar-refractivity contribution in [3.8, 4) is 17.1 Å². The predicted molar refractivity (Wildman–Crippen MR) is 119 cm³/mol. The molecule has 3 aromatic rings. The maximum atomic E-state index is 12.7. The minimum absolute atomic E-state index is 0.273. The highest BCUT2D eigenvalue weighted by molar-refractivity contribution is 8.00. The Bertz CT molecular complexity index is 942. The summed E-state index contributed by atoms with van der Waals surface area (Å²) in [6.07, 6.45) is 2.04. The average Bonchev–Trinajstić information content (AvgIpc) is 3.19. The van der Waals surface area contributed by atoms with Crippen LogP contribution in [-0.4, -0.2) is 34.5 Å². The minimum atomic E-state index is -0.501. The molecule has 0 aliphatic carbocycles. The molecule has 0 bridgehead atoms. The molecule has 0 aliphatic rings. The van der Waals surface area contributed by atoms with Crippen molar-refractivity contribution in [1.82, 2.24) is 14.8 Å². The molecule has 0 fully saturated rings. The molecule has 1 heterocycles. The smallest absolute Gasteiger partial charge is 0.324 e. The Morgan fingerprint density at radius 1 is 1.07 bits per heavy atom. The first-order valence-electron chi connectivity index (χ1n) is 10.1. The highest BCUT2D eigenvalue weighted by Gasteiger charge is 2.27. The van der Waals surface area contributed by atoms with E-state index in [0.29, 0.717) is 11.8 Å². The van der Waals surface area contributed by atoms with Crippen molar-refractivity contribution in [1.29, 1.82) is 0 Å². The summed E-state index contributed by atoms with van der Waals surface area (Å²) in [5.74, 6) is 1.30. The third-order valence-corrected chi connectivity index (χ3v) is 5.84. The summed E-state index contributed by atoms with van der Waals surface area (Å²) in [6, 6.07) is 17.4. The third kappa shape index (κ3) is 5.21. The van der Waals surface area contributed by atoms with Crippen LogP contribution in [0, 0.1) is 0 Å². The number of benzene rings is 2. The van der Waals surface area contributed by atoms with Gasteiger partial charge in [0.15, 0.2) is 11.0 Å². The molecule has 1 atom stereocenters. The number of esters is 1. The lowest BCUT2D eigenvalue weighted by atomic mass is 10.1. The molecule has 1 aromatic heterocycles. The van der Waals surface area contributed by atoms with Crippen LogP contribution in [0.1, 0.15) is 37.5 Å². The van der Waals surface area contributed by atoms with E-state index in [1.54, 1.807) is 7.11 Å². The average molecular weight is 426 g/mol. The predicted octanol–water partition coefficient (Wildman–Crippen LogP) is 5.15. The summed E-state index contributed by atoms with van der Waals surface area (Å²) in [6.45, 7) is 5.08. The van der Waals surface area contributed by atoms with E-state index >= 15 is 0 Å². The quantitative estimate of drug-likeness (QED) is 0.331. The molecular weight excluding hydrogens is 398 g/mol. The number of nitrogens with zero attached hydrogens (tertiary/aromatic N) is 3. The standard InChI is InChI=1S/C23H27N3O3S/c1-4-6-16-26-21(18-12-14-19(28-3)15-13-18)24-25-23(26)30-20(22(27)29-5-2)17-10-8-7-9-11-17/h7-15,20H,4-6,16H2,1-3H3. The van der Waals surface area contributed by atoms with Crippen LogP contribution >= 0.6 is 11.8 Å². The van der Waals surface area contributed by atoms with E-state index in [2.05, 4.69) is 21.7 Å². The van der Waals surface area contributed by atoms with E-state index in [9.17, 15) is 4.79 Å². The molecule has 0 aliphatic heterocycles. The second-order valence-electron chi connectivity index (χ2n) is 6.70. The first kappa shape index (κ1) is 21.9.